The highest BCUT2D eigenvalue weighted by Gasteiger charge is 2.78. The summed E-state index contributed by atoms with van der Waals surface area (Å²) < 4.78 is 62.2. The van der Waals surface area contributed by atoms with E-state index in [1.807, 2.05) is 0 Å². The average molecular weight is 278 g/mol. The largest absolute Gasteiger partial charge is 0.453 e. The van der Waals surface area contributed by atoms with Gasteiger partial charge >= 0.3 is 5.97 Å². The van der Waals surface area contributed by atoms with E-state index in [0.29, 0.717) is 0 Å². The summed E-state index contributed by atoms with van der Waals surface area (Å²) in [5, 5.41) is 0. The van der Waals surface area contributed by atoms with Gasteiger partial charge in [0.25, 0.3) is 0 Å². The van der Waals surface area contributed by atoms with Crippen molar-refractivity contribution in [2.45, 2.75) is 55.0 Å². The molecular weight excluding hydrogens is 264 g/mol. The van der Waals surface area contributed by atoms with Crippen molar-refractivity contribution in [1.82, 2.24) is 0 Å². The van der Waals surface area contributed by atoms with Crippen LogP contribution in [0, 0.1) is 5.92 Å². The lowest BCUT2D eigenvalue weighted by Crippen LogP contribution is -2.76. The van der Waals surface area contributed by atoms with E-state index in [4.69, 9.17) is 4.74 Å². The molecule has 4 aliphatic rings. The summed E-state index contributed by atoms with van der Waals surface area (Å²) >= 11 is 0. The quantitative estimate of drug-likeness (QED) is 0.441. The lowest BCUT2D eigenvalue weighted by atomic mass is 9.50. The van der Waals surface area contributed by atoms with E-state index in [1.54, 1.807) is 0 Å². The normalized spacial score (nSPS) is 55.1. The number of halogens is 4. The number of alkyl halides is 4. The van der Waals surface area contributed by atoms with Crippen molar-refractivity contribution in [3.63, 3.8) is 0 Å². The second-order valence-corrected chi connectivity index (χ2v) is 6.03. The molecule has 0 aromatic rings. The second kappa shape index (κ2) is 3.52. The van der Waals surface area contributed by atoms with Gasteiger partial charge in [-0.2, -0.15) is 0 Å². The summed E-state index contributed by atoms with van der Waals surface area (Å²) in [6.45, 7) is 3.17. The van der Waals surface area contributed by atoms with Gasteiger partial charge in [-0.05, 0) is 25.2 Å². The second-order valence-electron chi connectivity index (χ2n) is 6.03. The third-order valence-electron chi connectivity index (χ3n) is 4.69. The van der Waals surface area contributed by atoms with Crippen molar-refractivity contribution >= 4 is 5.97 Å². The standard InChI is InChI=1S/C13H14F4O2/c1-2-8(18)19-12-4-7-3-11(16,6-12)9(14)13(17,5-7)10(12)15/h2,7,9-10H,1,3-6H2. The molecule has 0 N–H and O–H groups in total. The Morgan fingerprint density at radius 1 is 1.21 bits per heavy atom. The smallest absolute Gasteiger partial charge is 0.330 e. The summed E-state index contributed by atoms with van der Waals surface area (Å²) in [5.74, 6) is -1.44. The van der Waals surface area contributed by atoms with Crippen molar-refractivity contribution in [2.24, 2.45) is 5.92 Å². The zero-order chi connectivity index (χ0) is 14.1. The van der Waals surface area contributed by atoms with Gasteiger partial charge < -0.3 is 4.74 Å². The van der Waals surface area contributed by atoms with Crippen LogP contribution in [0.4, 0.5) is 17.6 Å². The third-order valence-corrected chi connectivity index (χ3v) is 4.69. The minimum Gasteiger partial charge on any atom is -0.453 e. The Kier molecular flexibility index (Phi) is 2.40. The molecular formula is C13H14F4O2. The molecule has 4 aliphatic carbocycles. The maximum Gasteiger partial charge on any atom is 0.330 e. The van der Waals surface area contributed by atoms with Gasteiger partial charge in [0.2, 0.25) is 0 Å². The Hall–Kier alpha value is -1.07. The monoisotopic (exact) mass is 278 g/mol. The molecule has 0 aromatic heterocycles. The first-order valence-corrected chi connectivity index (χ1v) is 6.27. The molecule has 0 spiro atoms. The lowest BCUT2D eigenvalue weighted by molar-refractivity contribution is -0.287. The molecule has 6 unspecified atom stereocenters. The predicted octanol–water partition coefficient (Wildman–Crippen LogP) is 2.76. The zero-order valence-corrected chi connectivity index (χ0v) is 10.2. The van der Waals surface area contributed by atoms with Crippen LogP contribution in [-0.2, 0) is 9.53 Å². The van der Waals surface area contributed by atoms with Crippen molar-refractivity contribution in [1.29, 1.82) is 0 Å². The van der Waals surface area contributed by atoms with Gasteiger partial charge in [0.15, 0.2) is 23.6 Å². The van der Waals surface area contributed by atoms with Crippen LogP contribution < -0.4 is 0 Å². The van der Waals surface area contributed by atoms with Crippen LogP contribution in [0.2, 0.25) is 0 Å². The van der Waals surface area contributed by atoms with E-state index in [1.165, 1.54) is 0 Å². The maximum atomic E-state index is 14.5. The summed E-state index contributed by atoms with van der Waals surface area (Å²) in [6, 6.07) is 0. The SMILES string of the molecule is C=CC(=O)OC12CC3CC(F)(C1)C(F)C(F)(C3)C2F. The van der Waals surface area contributed by atoms with Crippen LogP contribution >= 0.6 is 0 Å². The van der Waals surface area contributed by atoms with Gasteiger partial charge in [-0.25, -0.2) is 22.4 Å². The van der Waals surface area contributed by atoms with E-state index in [0.717, 1.165) is 6.08 Å². The first kappa shape index (κ1) is 12.9. The Balaban J connectivity index is 2.03. The van der Waals surface area contributed by atoms with Gasteiger partial charge in [-0.3, -0.25) is 0 Å². The van der Waals surface area contributed by atoms with E-state index >= 15 is 0 Å². The Morgan fingerprint density at radius 3 is 2.53 bits per heavy atom. The summed E-state index contributed by atoms with van der Waals surface area (Å²) in [5.41, 5.74) is -7.23. The van der Waals surface area contributed by atoms with E-state index in [-0.39, 0.29) is 19.3 Å². The van der Waals surface area contributed by atoms with Gasteiger partial charge in [-0.15, -0.1) is 0 Å². The van der Waals surface area contributed by atoms with Gasteiger partial charge in [-0.1, -0.05) is 6.58 Å². The average Bonchev–Trinajstić information content (AvgIpc) is 2.33. The van der Waals surface area contributed by atoms with E-state index < -0.39 is 47.6 Å². The molecule has 4 rings (SSSR count). The van der Waals surface area contributed by atoms with Crippen LogP contribution in [0.25, 0.3) is 0 Å². The fraction of sp³-hybridized carbons (Fsp3) is 0.769. The molecule has 4 saturated carbocycles. The van der Waals surface area contributed by atoms with Crippen molar-refractivity contribution in [3.05, 3.63) is 12.7 Å². The molecule has 4 bridgehead atoms. The molecule has 0 saturated heterocycles. The fourth-order valence-corrected chi connectivity index (χ4v) is 4.23. The highest BCUT2D eigenvalue weighted by molar-refractivity contribution is 5.81. The van der Waals surface area contributed by atoms with Crippen molar-refractivity contribution in [2.75, 3.05) is 0 Å². The van der Waals surface area contributed by atoms with Crippen LogP contribution in [-0.4, -0.2) is 35.3 Å². The molecule has 106 valence electrons. The topological polar surface area (TPSA) is 26.3 Å². The number of esters is 1. The predicted molar refractivity (Wildman–Crippen MR) is 58.4 cm³/mol. The molecule has 6 atom stereocenters. The number of hydrogen-bond acceptors (Lipinski definition) is 2. The molecule has 2 nitrogen and oxygen atoms in total. The number of carbonyl (C=O) groups is 1. The van der Waals surface area contributed by atoms with Gasteiger partial charge in [0.1, 0.15) is 5.67 Å². The van der Waals surface area contributed by atoms with Crippen LogP contribution in [0.3, 0.4) is 0 Å². The summed E-state index contributed by atoms with van der Waals surface area (Å²) in [7, 11) is 0. The molecule has 0 heterocycles. The van der Waals surface area contributed by atoms with E-state index in [2.05, 4.69) is 6.58 Å². The molecule has 19 heavy (non-hydrogen) atoms. The zero-order valence-electron chi connectivity index (χ0n) is 10.2. The number of hydrogen-bond donors (Lipinski definition) is 0. The molecule has 0 aromatic carbocycles. The lowest BCUT2D eigenvalue weighted by Gasteiger charge is -2.62. The van der Waals surface area contributed by atoms with Crippen molar-refractivity contribution in [3.8, 4) is 0 Å². The van der Waals surface area contributed by atoms with Crippen molar-refractivity contribution < 1.29 is 27.1 Å². The summed E-state index contributed by atoms with van der Waals surface area (Å²) in [4.78, 5) is 11.3. The van der Waals surface area contributed by atoms with Crippen LogP contribution in [0.15, 0.2) is 12.7 Å². The maximum absolute atomic E-state index is 14.5. The molecule has 0 amide bonds. The Bertz CT molecular complexity index is 456. The van der Waals surface area contributed by atoms with Gasteiger partial charge in [0.05, 0.1) is 0 Å². The first-order valence-electron chi connectivity index (χ1n) is 6.27. The number of ether oxygens (including phenoxy) is 1. The number of carbonyl (C=O) groups excluding carboxylic acids is 1. The Morgan fingerprint density at radius 2 is 1.89 bits per heavy atom. The minimum atomic E-state index is -2.89. The highest BCUT2D eigenvalue weighted by Crippen LogP contribution is 2.65. The molecule has 6 heteroatoms. The van der Waals surface area contributed by atoms with Crippen LogP contribution in [0.5, 0.6) is 0 Å². The Labute approximate surface area is 107 Å². The third kappa shape index (κ3) is 1.45. The molecule has 0 aliphatic heterocycles. The highest BCUT2D eigenvalue weighted by atomic mass is 19.2. The number of rotatable bonds is 2. The first-order chi connectivity index (χ1) is 8.76. The van der Waals surface area contributed by atoms with Gasteiger partial charge in [0, 0.05) is 12.5 Å². The van der Waals surface area contributed by atoms with E-state index in [9.17, 15) is 22.4 Å². The molecule has 4 fully saturated rings. The summed E-state index contributed by atoms with van der Waals surface area (Å²) in [6.07, 6.45) is -5.09. The fourth-order valence-electron chi connectivity index (χ4n) is 4.23. The van der Waals surface area contributed by atoms with Crippen LogP contribution in [0.1, 0.15) is 25.7 Å². The minimum absolute atomic E-state index is 0.0395. The molecule has 0 radical (unpaired) electrons.